The van der Waals surface area contributed by atoms with Gasteiger partial charge in [-0.2, -0.15) is 8.42 Å². The third kappa shape index (κ3) is 8.33. The zero-order valence-electron chi connectivity index (χ0n) is 28.6. The van der Waals surface area contributed by atoms with Crippen LogP contribution in [0.3, 0.4) is 0 Å². The van der Waals surface area contributed by atoms with Crippen LogP contribution < -0.4 is 14.2 Å². The van der Waals surface area contributed by atoms with Gasteiger partial charge in [-0.15, -0.1) is 0 Å². The zero-order chi connectivity index (χ0) is 36.7. The van der Waals surface area contributed by atoms with Gasteiger partial charge in [0.1, 0.15) is 38.9 Å². The van der Waals surface area contributed by atoms with Gasteiger partial charge in [-0.05, 0) is 96.9 Å². The van der Waals surface area contributed by atoms with E-state index < -0.39 is 71.2 Å². The molecule has 0 radical (unpaired) electrons. The Morgan fingerprint density at radius 1 is 0.490 bits per heavy atom. The van der Waals surface area contributed by atoms with Crippen molar-refractivity contribution in [2.24, 2.45) is 0 Å². The normalized spacial score (nSPS) is 13.3. The van der Waals surface area contributed by atoms with E-state index in [1.54, 1.807) is 77.9 Å². The maximum absolute atomic E-state index is 15.3. The van der Waals surface area contributed by atoms with E-state index in [-0.39, 0.29) is 31.9 Å². The molecule has 0 spiro atoms. The van der Waals surface area contributed by atoms with Gasteiger partial charge >= 0.3 is 10.1 Å². The summed E-state index contributed by atoms with van der Waals surface area (Å²) in [6.45, 7) is 15.9. The molecule has 0 aromatic heterocycles. The van der Waals surface area contributed by atoms with Gasteiger partial charge in [-0.25, -0.2) is 25.6 Å². The number of halogens is 5. The van der Waals surface area contributed by atoms with Crippen molar-refractivity contribution < 1.29 is 48.2 Å². The fourth-order valence-corrected chi connectivity index (χ4v) is 10.2. The predicted octanol–water partition coefficient (Wildman–Crippen LogP) is 10.5. The van der Waals surface area contributed by atoms with E-state index in [1.807, 2.05) is 20.8 Å². The van der Waals surface area contributed by atoms with E-state index in [9.17, 15) is 21.6 Å². The van der Waals surface area contributed by atoms with Crippen molar-refractivity contribution in [2.45, 2.75) is 98.7 Å². The summed E-state index contributed by atoms with van der Waals surface area (Å²) in [7, 11) is -9.69. The summed E-state index contributed by atoms with van der Waals surface area (Å²) in [5.41, 5.74) is -2.59. The molecule has 0 amide bonds. The van der Waals surface area contributed by atoms with Gasteiger partial charge < -0.3 is 14.2 Å². The van der Waals surface area contributed by atoms with Crippen molar-refractivity contribution in [3.8, 4) is 17.2 Å². The topological polar surface area (TPSA) is 71.1 Å². The first kappa shape index (κ1) is 38.0. The van der Waals surface area contributed by atoms with E-state index in [2.05, 4.69) is 0 Å². The second kappa shape index (κ2) is 13.5. The Morgan fingerprint density at radius 2 is 0.837 bits per heavy atom. The maximum Gasteiger partial charge on any atom is 0.313 e. The molecule has 4 rings (SSSR count). The fraction of sp³-hybridized carbons (Fsp3) is 0.333. The second-order valence-corrected chi connectivity index (χ2v) is 18.3. The Balaban J connectivity index is 2.28. The highest BCUT2D eigenvalue weighted by Crippen LogP contribution is 2.75. The first-order valence-electron chi connectivity index (χ1n) is 15.1. The molecule has 0 atom stereocenters. The van der Waals surface area contributed by atoms with Crippen LogP contribution in [0.4, 0.5) is 22.0 Å². The molecule has 4 aromatic carbocycles. The fourth-order valence-electron chi connectivity index (χ4n) is 4.74. The Kier molecular flexibility index (Phi) is 10.5. The molecule has 49 heavy (non-hydrogen) atoms. The van der Waals surface area contributed by atoms with Crippen molar-refractivity contribution in [3.63, 3.8) is 0 Å². The van der Waals surface area contributed by atoms with Crippen LogP contribution in [0.25, 0.3) is 0 Å². The molecule has 13 heteroatoms. The van der Waals surface area contributed by atoms with Crippen LogP contribution in [0.1, 0.15) is 62.3 Å². The summed E-state index contributed by atoms with van der Waals surface area (Å²) in [4.78, 5) is -1.83. The third-order valence-electron chi connectivity index (χ3n) is 6.30. The lowest BCUT2D eigenvalue weighted by molar-refractivity contribution is 0.105. The predicted molar refractivity (Wildman–Crippen MR) is 177 cm³/mol. The summed E-state index contributed by atoms with van der Waals surface area (Å²) in [5.74, 6) is -12.2. The number of rotatable bonds is 9. The molecule has 0 heterocycles. The minimum absolute atomic E-state index is 0.0107. The highest BCUT2D eigenvalue weighted by atomic mass is 32.3. The van der Waals surface area contributed by atoms with Gasteiger partial charge in [-0.3, -0.25) is 0 Å². The quantitative estimate of drug-likeness (QED) is 0.0972. The van der Waals surface area contributed by atoms with E-state index >= 15 is 8.78 Å². The molecular weight excluding hydrogens is 688 g/mol. The minimum Gasteiger partial charge on any atom is -0.488 e. The van der Waals surface area contributed by atoms with Crippen molar-refractivity contribution in [1.29, 1.82) is 0 Å². The molecule has 0 unspecified atom stereocenters. The second-order valence-electron chi connectivity index (χ2n) is 14.0. The molecule has 0 aliphatic heterocycles. The van der Waals surface area contributed by atoms with Crippen LogP contribution in [0.2, 0.25) is 0 Å². The van der Waals surface area contributed by atoms with Crippen LogP contribution in [-0.2, 0) is 13.7 Å². The van der Waals surface area contributed by atoms with Crippen LogP contribution >= 0.6 is 10.3 Å². The summed E-state index contributed by atoms with van der Waals surface area (Å²) in [6.07, 6.45) is 0. The number of ether oxygens (including phenoxy) is 3. The molecule has 266 valence electrons. The monoisotopic (exact) mass is 726 g/mol. The van der Waals surface area contributed by atoms with Gasteiger partial charge in [0.15, 0.2) is 28.2 Å². The maximum atomic E-state index is 15.3. The van der Waals surface area contributed by atoms with E-state index in [1.165, 1.54) is 36.4 Å². The van der Waals surface area contributed by atoms with Gasteiger partial charge in [-0.1, -0.05) is 36.4 Å². The largest absolute Gasteiger partial charge is 0.488 e. The molecule has 0 aliphatic carbocycles. The summed E-state index contributed by atoms with van der Waals surface area (Å²) < 4.78 is 127. The SMILES string of the molecule is CC(C)(C)Oc1cc(OC(C)(C)C)c(S(OS(=O)(=O)c2c(F)c(F)c(F)c(F)c2F)(c2ccccc2)c2ccccc2)c(OC(C)(C)C)c1. The standard InChI is InChI=1S/C36H39F5O6S2/c1-34(2,3)44-22-20-25(45-35(4,5)6)32(26(21-22)46-36(7,8)9)48(23-16-12-10-13-17-23,24-18-14-11-15-19-24)47-49(42,43)33-30(40)28(38)27(37)29(39)31(33)41/h10-21H,1-9H3. The van der Waals surface area contributed by atoms with Gasteiger partial charge in [0.25, 0.3) is 0 Å². The van der Waals surface area contributed by atoms with Crippen molar-refractivity contribution >= 4 is 20.4 Å². The molecule has 0 saturated carbocycles. The zero-order valence-corrected chi connectivity index (χ0v) is 30.2. The molecule has 4 aromatic rings. The van der Waals surface area contributed by atoms with Crippen molar-refractivity contribution in [1.82, 2.24) is 0 Å². The van der Waals surface area contributed by atoms with E-state index in [0.29, 0.717) is 0 Å². The average molecular weight is 727 g/mol. The van der Waals surface area contributed by atoms with Crippen LogP contribution in [0.5, 0.6) is 17.2 Å². The van der Waals surface area contributed by atoms with Crippen molar-refractivity contribution in [2.75, 3.05) is 0 Å². The lowest BCUT2D eigenvalue weighted by Crippen LogP contribution is -2.28. The lowest BCUT2D eigenvalue weighted by Gasteiger charge is -2.42. The van der Waals surface area contributed by atoms with Crippen LogP contribution in [0.15, 0.2) is 92.4 Å². The molecule has 0 fully saturated rings. The molecular formula is C36H39F5O6S2. The highest BCUT2D eigenvalue weighted by molar-refractivity contribution is 8.33. The molecule has 0 saturated heterocycles. The minimum atomic E-state index is -5.85. The first-order valence-corrected chi connectivity index (χ1v) is 18.1. The van der Waals surface area contributed by atoms with Gasteiger partial charge in [0, 0.05) is 21.9 Å². The van der Waals surface area contributed by atoms with Gasteiger partial charge in [0.2, 0.25) is 5.82 Å². The molecule has 0 aliphatic rings. The molecule has 0 bridgehead atoms. The number of hydrogen-bond acceptors (Lipinski definition) is 6. The van der Waals surface area contributed by atoms with E-state index in [0.717, 1.165) is 0 Å². The average Bonchev–Trinajstić information content (AvgIpc) is 2.96. The first-order chi connectivity index (χ1) is 22.5. The number of benzene rings is 4. The summed E-state index contributed by atoms with van der Waals surface area (Å²) in [6, 6.07) is 18.8. The van der Waals surface area contributed by atoms with E-state index in [4.69, 9.17) is 17.8 Å². The summed E-state index contributed by atoms with van der Waals surface area (Å²) >= 11 is 0. The van der Waals surface area contributed by atoms with Crippen LogP contribution in [-0.4, -0.2) is 25.2 Å². The third-order valence-corrected chi connectivity index (χ3v) is 11.5. The lowest BCUT2D eigenvalue weighted by atomic mass is 10.1. The molecule has 6 nitrogen and oxygen atoms in total. The number of hydrogen-bond donors (Lipinski definition) is 0. The smallest absolute Gasteiger partial charge is 0.313 e. The Bertz CT molecular complexity index is 1830. The Morgan fingerprint density at radius 3 is 1.18 bits per heavy atom. The summed E-state index contributed by atoms with van der Waals surface area (Å²) in [5, 5.41) is 0. The Hall–Kier alpha value is -3.81. The molecule has 0 N–H and O–H groups in total. The van der Waals surface area contributed by atoms with Crippen molar-refractivity contribution in [3.05, 3.63) is 102 Å². The Labute approximate surface area is 285 Å². The van der Waals surface area contributed by atoms with Crippen LogP contribution in [0, 0.1) is 29.1 Å². The highest BCUT2D eigenvalue weighted by Gasteiger charge is 2.46. The van der Waals surface area contributed by atoms with Gasteiger partial charge in [0.05, 0.1) is 0 Å².